The Morgan fingerprint density at radius 1 is 1.18 bits per heavy atom. The molecular formula is C13H16N4. The monoisotopic (exact) mass is 228 g/mol. The van der Waals surface area contributed by atoms with Crippen molar-refractivity contribution in [1.82, 2.24) is 9.97 Å². The SMILES string of the molecule is Cc1nc(N)cc(NC(C)c2ccccc2)n1. The quantitative estimate of drug-likeness (QED) is 0.847. The molecule has 1 heterocycles. The lowest BCUT2D eigenvalue weighted by molar-refractivity contribution is 0.868. The highest BCUT2D eigenvalue weighted by Gasteiger charge is 2.06. The molecule has 1 unspecified atom stereocenters. The Labute approximate surface area is 101 Å². The average Bonchev–Trinajstić information content (AvgIpc) is 2.28. The molecule has 4 heteroatoms. The number of benzene rings is 1. The van der Waals surface area contributed by atoms with Gasteiger partial charge >= 0.3 is 0 Å². The molecule has 0 fully saturated rings. The molecule has 0 aliphatic carbocycles. The summed E-state index contributed by atoms with van der Waals surface area (Å²) in [7, 11) is 0. The molecule has 0 aliphatic rings. The van der Waals surface area contributed by atoms with Crippen molar-refractivity contribution < 1.29 is 0 Å². The van der Waals surface area contributed by atoms with E-state index in [1.807, 2.05) is 25.1 Å². The summed E-state index contributed by atoms with van der Waals surface area (Å²) < 4.78 is 0. The molecule has 0 spiro atoms. The number of anilines is 2. The van der Waals surface area contributed by atoms with Crippen LogP contribution in [0.25, 0.3) is 0 Å². The second kappa shape index (κ2) is 4.82. The Balaban J connectivity index is 2.16. The van der Waals surface area contributed by atoms with Crippen LogP contribution in [0.5, 0.6) is 0 Å². The van der Waals surface area contributed by atoms with Crippen LogP contribution < -0.4 is 11.1 Å². The van der Waals surface area contributed by atoms with Gasteiger partial charge < -0.3 is 11.1 Å². The number of nitrogens with zero attached hydrogens (tertiary/aromatic N) is 2. The highest BCUT2D eigenvalue weighted by Crippen LogP contribution is 2.18. The van der Waals surface area contributed by atoms with E-state index in [1.54, 1.807) is 6.07 Å². The van der Waals surface area contributed by atoms with Crippen molar-refractivity contribution in [3.05, 3.63) is 47.8 Å². The lowest BCUT2D eigenvalue weighted by Gasteiger charge is -2.15. The fourth-order valence-corrected chi connectivity index (χ4v) is 1.71. The third kappa shape index (κ3) is 2.93. The molecule has 17 heavy (non-hydrogen) atoms. The van der Waals surface area contributed by atoms with E-state index in [2.05, 4.69) is 34.3 Å². The normalized spacial score (nSPS) is 12.1. The Hall–Kier alpha value is -2.10. The molecule has 4 nitrogen and oxygen atoms in total. The topological polar surface area (TPSA) is 63.8 Å². The van der Waals surface area contributed by atoms with Gasteiger partial charge in [0.1, 0.15) is 17.5 Å². The highest BCUT2D eigenvalue weighted by atomic mass is 15.1. The maximum absolute atomic E-state index is 5.68. The van der Waals surface area contributed by atoms with Gasteiger partial charge in [-0.25, -0.2) is 9.97 Å². The Morgan fingerprint density at radius 3 is 2.53 bits per heavy atom. The summed E-state index contributed by atoms with van der Waals surface area (Å²) in [6, 6.07) is 12.1. The Morgan fingerprint density at radius 2 is 1.88 bits per heavy atom. The highest BCUT2D eigenvalue weighted by molar-refractivity contribution is 5.46. The first-order valence-electron chi connectivity index (χ1n) is 5.58. The van der Waals surface area contributed by atoms with Crippen LogP contribution in [0, 0.1) is 6.92 Å². The molecule has 2 rings (SSSR count). The van der Waals surface area contributed by atoms with Crippen LogP contribution in [0.2, 0.25) is 0 Å². The average molecular weight is 228 g/mol. The molecule has 3 N–H and O–H groups in total. The molecule has 0 radical (unpaired) electrons. The Kier molecular flexibility index (Phi) is 3.23. The van der Waals surface area contributed by atoms with Crippen molar-refractivity contribution in [3.8, 4) is 0 Å². The number of hydrogen-bond acceptors (Lipinski definition) is 4. The molecular weight excluding hydrogens is 212 g/mol. The zero-order chi connectivity index (χ0) is 12.3. The molecule has 0 saturated carbocycles. The summed E-state index contributed by atoms with van der Waals surface area (Å²) >= 11 is 0. The first-order valence-corrected chi connectivity index (χ1v) is 5.58. The van der Waals surface area contributed by atoms with Crippen molar-refractivity contribution >= 4 is 11.6 Å². The third-order valence-electron chi connectivity index (χ3n) is 2.52. The van der Waals surface area contributed by atoms with Gasteiger partial charge in [-0.1, -0.05) is 30.3 Å². The van der Waals surface area contributed by atoms with Crippen molar-refractivity contribution in [3.63, 3.8) is 0 Å². The largest absolute Gasteiger partial charge is 0.384 e. The third-order valence-corrected chi connectivity index (χ3v) is 2.52. The van der Waals surface area contributed by atoms with E-state index >= 15 is 0 Å². The zero-order valence-corrected chi connectivity index (χ0v) is 10.0. The summed E-state index contributed by atoms with van der Waals surface area (Å²) in [5, 5.41) is 3.31. The summed E-state index contributed by atoms with van der Waals surface area (Å²) in [5.41, 5.74) is 6.89. The van der Waals surface area contributed by atoms with E-state index in [0.717, 1.165) is 5.82 Å². The van der Waals surface area contributed by atoms with E-state index in [0.29, 0.717) is 11.6 Å². The summed E-state index contributed by atoms with van der Waals surface area (Å²) in [5.74, 6) is 1.92. The van der Waals surface area contributed by atoms with Gasteiger partial charge in [0.25, 0.3) is 0 Å². The van der Waals surface area contributed by atoms with Gasteiger partial charge in [-0.2, -0.15) is 0 Å². The van der Waals surface area contributed by atoms with Crippen molar-refractivity contribution in [2.24, 2.45) is 0 Å². The van der Waals surface area contributed by atoms with E-state index < -0.39 is 0 Å². The number of aromatic nitrogens is 2. The molecule has 2 aromatic rings. The number of aryl methyl sites for hydroxylation is 1. The summed E-state index contributed by atoms with van der Waals surface area (Å²) in [6.07, 6.45) is 0. The van der Waals surface area contributed by atoms with Crippen LogP contribution in [0.4, 0.5) is 11.6 Å². The van der Waals surface area contributed by atoms with E-state index in [4.69, 9.17) is 5.73 Å². The van der Waals surface area contributed by atoms with Crippen LogP contribution in [-0.4, -0.2) is 9.97 Å². The van der Waals surface area contributed by atoms with Gasteiger partial charge in [0.2, 0.25) is 0 Å². The van der Waals surface area contributed by atoms with E-state index in [-0.39, 0.29) is 6.04 Å². The number of hydrogen-bond donors (Lipinski definition) is 2. The van der Waals surface area contributed by atoms with Gasteiger partial charge in [-0.15, -0.1) is 0 Å². The van der Waals surface area contributed by atoms with Crippen LogP contribution in [-0.2, 0) is 0 Å². The number of rotatable bonds is 3. The Bertz CT molecular complexity index is 476. The molecule has 0 saturated heterocycles. The minimum atomic E-state index is 0.185. The predicted molar refractivity (Wildman–Crippen MR) is 69.7 cm³/mol. The first-order chi connectivity index (χ1) is 8.15. The molecule has 0 amide bonds. The maximum atomic E-state index is 5.68. The number of nitrogens with two attached hydrogens (primary N) is 1. The van der Waals surface area contributed by atoms with Gasteiger partial charge in [-0.05, 0) is 19.4 Å². The lowest BCUT2D eigenvalue weighted by Crippen LogP contribution is -2.09. The van der Waals surface area contributed by atoms with Crippen LogP contribution >= 0.6 is 0 Å². The molecule has 0 bridgehead atoms. The standard InChI is InChI=1S/C13H16N4/c1-9(11-6-4-3-5-7-11)15-13-8-12(14)16-10(2)17-13/h3-9H,1-2H3,(H3,14,15,16,17). The molecule has 0 aliphatic heterocycles. The number of nitrogens with one attached hydrogen (secondary N) is 1. The second-order valence-electron chi connectivity index (χ2n) is 4.00. The van der Waals surface area contributed by atoms with Crippen LogP contribution in [0.3, 0.4) is 0 Å². The van der Waals surface area contributed by atoms with Gasteiger partial charge in [0.15, 0.2) is 0 Å². The smallest absolute Gasteiger partial charge is 0.132 e. The zero-order valence-electron chi connectivity index (χ0n) is 10.0. The lowest BCUT2D eigenvalue weighted by atomic mass is 10.1. The van der Waals surface area contributed by atoms with Gasteiger partial charge in [0, 0.05) is 12.1 Å². The molecule has 1 aromatic heterocycles. The fourth-order valence-electron chi connectivity index (χ4n) is 1.71. The second-order valence-corrected chi connectivity index (χ2v) is 4.00. The van der Waals surface area contributed by atoms with Crippen molar-refractivity contribution in [1.29, 1.82) is 0 Å². The van der Waals surface area contributed by atoms with Gasteiger partial charge in [0.05, 0.1) is 0 Å². The minimum Gasteiger partial charge on any atom is -0.384 e. The molecule has 88 valence electrons. The number of nitrogen functional groups attached to an aromatic ring is 1. The molecule has 1 atom stereocenters. The first kappa shape index (κ1) is 11.4. The van der Waals surface area contributed by atoms with Crippen LogP contribution in [0.15, 0.2) is 36.4 Å². The maximum Gasteiger partial charge on any atom is 0.132 e. The molecule has 1 aromatic carbocycles. The van der Waals surface area contributed by atoms with Crippen LogP contribution in [0.1, 0.15) is 24.4 Å². The van der Waals surface area contributed by atoms with Crippen molar-refractivity contribution in [2.75, 3.05) is 11.1 Å². The van der Waals surface area contributed by atoms with Gasteiger partial charge in [-0.3, -0.25) is 0 Å². The van der Waals surface area contributed by atoms with E-state index in [1.165, 1.54) is 5.56 Å². The summed E-state index contributed by atoms with van der Waals surface area (Å²) in [4.78, 5) is 8.34. The van der Waals surface area contributed by atoms with E-state index in [9.17, 15) is 0 Å². The van der Waals surface area contributed by atoms with Crippen molar-refractivity contribution in [2.45, 2.75) is 19.9 Å². The predicted octanol–water partition coefficient (Wildman–Crippen LogP) is 2.54. The minimum absolute atomic E-state index is 0.185. The summed E-state index contributed by atoms with van der Waals surface area (Å²) in [6.45, 7) is 3.91. The fraction of sp³-hybridized carbons (Fsp3) is 0.231.